The summed E-state index contributed by atoms with van der Waals surface area (Å²) in [6.45, 7) is 2.68. The molecule has 0 aliphatic carbocycles. The number of hydrogen-bond donors (Lipinski definition) is 2. The minimum absolute atomic E-state index is 0. The van der Waals surface area contributed by atoms with Crippen LogP contribution in [0.5, 0.6) is 0 Å². The third-order valence-corrected chi connectivity index (χ3v) is 6.38. The second-order valence-corrected chi connectivity index (χ2v) is 8.34. The number of nitrogens with one attached hydrogen (secondary N) is 2. The molecule has 1 amide bonds. The van der Waals surface area contributed by atoms with Crippen molar-refractivity contribution in [3.8, 4) is 0 Å². The number of pyridine rings is 1. The van der Waals surface area contributed by atoms with Gasteiger partial charge in [-0.05, 0) is 43.1 Å². The van der Waals surface area contributed by atoms with Crippen LogP contribution in [0, 0.1) is 5.92 Å². The Hall–Kier alpha value is -2.35. The second kappa shape index (κ2) is 8.06. The fraction of sp³-hybridized carbons (Fsp3) is 0.381. The number of amides is 1. The summed E-state index contributed by atoms with van der Waals surface area (Å²) in [6, 6.07) is 9.19. The Morgan fingerprint density at radius 1 is 1.30 bits per heavy atom. The van der Waals surface area contributed by atoms with Gasteiger partial charge in [0.25, 0.3) is 11.5 Å². The van der Waals surface area contributed by atoms with Gasteiger partial charge in [-0.15, -0.1) is 12.4 Å². The van der Waals surface area contributed by atoms with Crippen LogP contribution in [0.25, 0.3) is 10.9 Å². The van der Waals surface area contributed by atoms with Crippen LogP contribution in [0.2, 0.25) is 5.02 Å². The van der Waals surface area contributed by atoms with Crippen molar-refractivity contribution in [3.63, 3.8) is 0 Å². The normalized spacial score (nSPS) is 19.8. The zero-order valence-electron chi connectivity index (χ0n) is 16.5. The summed E-state index contributed by atoms with van der Waals surface area (Å²) in [6.07, 6.45) is 1.10. The Kier molecular flexibility index (Phi) is 5.61. The van der Waals surface area contributed by atoms with Crippen LogP contribution in [0.15, 0.2) is 35.1 Å². The predicted octanol–water partition coefficient (Wildman–Crippen LogP) is 2.45. The number of aromatic nitrogens is 3. The van der Waals surface area contributed by atoms with Crippen molar-refractivity contribution in [1.82, 2.24) is 25.0 Å². The van der Waals surface area contributed by atoms with Crippen molar-refractivity contribution in [2.75, 3.05) is 13.1 Å². The van der Waals surface area contributed by atoms with Crippen LogP contribution in [0.1, 0.15) is 34.1 Å². The van der Waals surface area contributed by atoms with E-state index in [0.717, 1.165) is 36.1 Å². The molecule has 30 heavy (non-hydrogen) atoms. The van der Waals surface area contributed by atoms with Crippen LogP contribution in [0.3, 0.4) is 0 Å². The molecule has 0 radical (unpaired) electrons. The van der Waals surface area contributed by atoms with Crippen LogP contribution >= 0.6 is 24.0 Å². The standard InChI is InChI=1S/C21H22ClN5O2.ClH/c1-26-18-4-2-3-15(22)19(18)16(25-26)10-24-20(28)14-5-6-17-13-7-12(8-23-9-13)11-27(17)21(14)29;/h2-6,12-13,23H,7-11H2,1H3,(H,24,28);1H/t12-,13+;/m0./s1. The van der Waals surface area contributed by atoms with Gasteiger partial charge >= 0.3 is 0 Å². The average molecular weight is 448 g/mol. The molecule has 3 aromatic rings. The molecular weight excluding hydrogens is 425 g/mol. The molecule has 2 aromatic heterocycles. The van der Waals surface area contributed by atoms with Gasteiger partial charge in [-0.3, -0.25) is 14.3 Å². The van der Waals surface area contributed by atoms with E-state index in [4.69, 9.17) is 11.6 Å². The number of halogens is 2. The molecule has 2 aliphatic rings. The number of benzene rings is 1. The van der Waals surface area contributed by atoms with E-state index in [1.807, 2.05) is 25.2 Å². The lowest BCUT2D eigenvalue weighted by Gasteiger charge is -2.37. The summed E-state index contributed by atoms with van der Waals surface area (Å²) in [5, 5.41) is 12.2. The number of piperidine rings is 1. The fourth-order valence-electron chi connectivity index (χ4n) is 4.70. The minimum Gasteiger partial charge on any atom is -0.346 e. The summed E-state index contributed by atoms with van der Waals surface area (Å²) < 4.78 is 3.53. The SMILES string of the molecule is Cl.Cn1nc(CNC(=O)c2ccc3n(c2=O)C[C@@H]2CNC[C@H]3C2)c2c(Cl)cccc21. The lowest BCUT2D eigenvalue weighted by molar-refractivity contribution is 0.0947. The van der Waals surface area contributed by atoms with E-state index in [1.54, 1.807) is 21.4 Å². The first-order chi connectivity index (χ1) is 14.0. The van der Waals surface area contributed by atoms with Gasteiger partial charge in [0.15, 0.2) is 0 Å². The number of rotatable bonds is 3. The largest absolute Gasteiger partial charge is 0.346 e. The molecular formula is C21H23Cl2N5O2. The zero-order chi connectivity index (χ0) is 20.1. The molecule has 2 aliphatic heterocycles. The maximum absolute atomic E-state index is 13.0. The molecule has 0 unspecified atom stereocenters. The highest BCUT2D eigenvalue weighted by atomic mass is 35.5. The van der Waals surface area contributed by atoms with Crippen molar-refractivity contribution in [3.05, 3.63) is 62.7 Å². The van der Waals surface area contributed by atoms with Crippen molar-refractivity contribution in [1.29, 1.82) is 0 Å². The van der Waals surface area contributed by atoms with Crippen LogP contribution < -0.4 is 16.2 Å². The summed E-state index contributed by atoms with van der Waals surface area (Å²) in [7, 11) is 1.84. The number of carbonyl (C=O) groups excluding carboxylic acids is 1. The van der Waals surface area contributed by atoms with Crippen molar-refractivity contribution >= 4 is 40.8 Å². The highest BCUT2D eigenvalue weighted by molar-refractivity contribution is 6.35. The highest BCUT2D eigenvalue weighted by Gasteiger charge is 2.31. The van der Waals surface area contributed by atoms with Crippen molar-refractivity contribution < 1.29 is 4.79 Å². The maximum atomic E-state index is 13.0. The highest BCUT2D eigenvalue weighted by Crippen LogP contribution is 2.31. The molecule has 2 N–H and O–H groups in total. The summed E-state index contributed by atoms with van der Waals surface area (Å²) >= 11 is 6.33. The molecule has 9 heteroatoms. The van der Waals surface area contributed by atoms with E-state index < -0.39 is 0 Å². The smallest absolute Gasteiger partial charge is 0.263 e. The van der Waals surface area contributed by atoms with E-state index in [9.17, 15) is 9.59 Å². The number of fused-ring (bicyclic) bond motifs is 5. The number of hydrogen-bond acceptors (Lipinski definition) is 4. The number of aryl methyl sites for hydroxylation is 1. The lowest BCUT2D eigenvalue weighted by atomic mass is 9.84. The zero-order valence-corrected chi connectivity index (χ0v) is 18.1. The lowest BCUT2D eigenvalue weighted by Crippen LogP contribution is -2.46. The first kappa shape index (κ1) is 20.9. The number of carbonyl (C=O) groups is 1. The van der Waals surface area contributed by atoms with Gasteiger partial charge in [0.05, 0.1) is 22.8 Å². The van der Waals surface area contributed by atoms with Gasteiger partial charge in [-0.2, -0.15) is 5.10 Å². The molecule has 1 aromatic carbocycles. The Bertz CT molecular complexity index is 1190. The van der Waals surface area contributed by atoms with Gasteiger partial charge in [-0.1, -0.05) is 17.7 Å². The van der Waals surface area contributed by atoms with Gasteiger partial charge in [-0.25, -0.2) is 0 Å². The molecule has 5 rings (SSSR count). The third-order valence-electron chi connectivity index (χ3n) is 6.07. The van der Waals surface area contributed by atoms with Gasteiger partial charge in [0.2, 0.25) is 0 Å². The first-order valence-electron chi connectivity index (χ1n) is 9.85. The third kappa shape index (κ3) is 3.41. The molecule has 7 nitrogen and oxygen atoms in total. The fourth-order valence-corrected chi connectivity index (χ4v) is 4.98. The molecule has 4 heterocycles. The Balaban J connectivity index is 0.00000218. The van der Waals surface area contributed by atoms with Gasteiger partial charge < -0.3 is 15.2 Å². The van der Waals surface area contributed by atoms with Gasteiger partial charge in [0, 0.05) is 37.1 Å². The summed E-state index contributed by atoms with van der Waals surface area (Å²) in [5.41, 5.74) is 2.57. The predicted molar refractivity (Wildman–Crippen MR) is 119 cm³/mol. The summed E-state index contributed by atoms with van der Waals surface area (Å²) in [4.78, 5) is 25.8. The second-order valence-electron chi connectivity index (χ2n) is 7.93. The molecule has 0 spiro atoms. The first-order valence-corrected chi connectivity index (χ1v) is 10.2. The topological polar surface area (TPSA) is 81.0 Å². The Morgan fingerprint density at radius 2 is 2.13 bits per heavy atom. The van der Waals surface area contributed by atoms with E-state index in [1.165, 1.54) is 0 Å². The van der Waals surface area contributed by atoms with E-state index in [2.05, 4.69) is 15.7 Å². The Labute approximate surface area is 184 Å². The maximum Gasteiger partial charge on any atom is 0.263 e. The van der Waals surface area contributed by atoms with E-state index in [-0.39, 0.29) is 36.0 Å². The minimum atomic E-state index is -0.384. The van der Waals surface area contributed by atoms with Crippen LogP contribution in [-0.2, 0) is 20.1 Å². The van der Waals surface area contributed by atoms with Crippen LogP contribution in [0.4, 0.5) is 0 Å². The van der Waals surface area contributed by atoms with E-state index >= 15 is 0 Å². The average Bonchev–Trinajstić information content (AvgIpc) is 3.04. The Morgan fingerprint density at radius 3 is 2.97 bits per heavy atom. The summed E-state index contributed by atoms with van der Waals surface area (Å²) in [5.74, 6) is 0.402. The van der Waals surface area contributed by atoms with E-state index in [0.29, 0.717) is 29.1 Å². The van der Waals surface area contributed by atoms with Crippen molar-refractivity contribution in [2.45, 2.75) is 25.4 Å². The monoisotopic (exact) mass is 447 g/mol. The molecule has 1 fully saturated rings. The molecule has 158 valence electrons. The molecule has 2 atom stereocenters. The van der Waals surface area contributed by atoms with Crippen LogP contribution in [-0.4, -0.2) is 33.3 Å². The molecule has 1 saturated heterocycles. The van der Waals surface area contributed by atoms with Gasteiger partial charge in [0.1, 0.15) is 5.56 Å². The molecule has 2 bridgehead atoms. The molecule has 0 saturated carbocycles. The van der Waals surface area contributed by atoms with Crippen molar-refractivity contribution in [2.24, 2.45) is 13.0 Å². The number of nitrogens with zero attached hydrogens (tertiary/aromatic N) is 3. The quantitative estimate of drug-likeness (QED) is 0.645.